The molecule has 0 radical (unpaired) electrons. The van der Waals surface area contributed by atoms with Gasteiger partial charge in [0.15, 0.2) is 5.96 Å². The number of fused-ring (bicyclic) bond motifs is 1. The van der Waals surface area contributed by atoms with Crippen LogP contribution in [-0.4, -0.2) is 33.8 Å². The molecule has 0 amide bonds. The van der Waals surface area contributed by atoms with Crippen molar-refractivity contribution in [3.05, 3.63) is 59.9 Å². The zero-order valence-corrected chi connectivity index (χ0v) is 19.5. The van der Waals surface area contributed by atoms with Crippen molar-refractivity contribution in [1.82, 2.24) is 10.6 Å². The van der Waals surface area contributed by atoms with Crippen LogP contribution in [0, 0.1) is 0 Å². The van der Waals surface area contributed by atoms with Gasteiger partial charge >= 0.3 is 0 Å². The van der Waals surface area contributed by atoms with Gasteiger partial charge in [-0.1, -0.05) is 18.2 Å². The summed E-state index contributed by atoms with van der Waals surface area (Å²) in [4.78, 5) is 4.32. The molecular weight excluding hydrogens is 481 g/mol. The molecule has 1 unspecified atom stereocenters. The van der Waals surface area contributed by atoms with Crippen LogP contribution in [-0.2, 0) is 6.42 Å². The summed E-state index contributed by atoms with van der Waals surface area (Å²) in [5.74, 6) is 3.26. The van der Waals surface area contributed by atoms with Gasteiger partial charge in [0.1, 0.15) is 22.8 Å². The summed E-state index contributed by atoms with van der Waals surface area (Å²) < 4.78 is 16.7. The Morgan fingerprint density at radius 3 is 2.59 bits per heavy atom. The fourth-order valence-electron chi connectivity index (χ4n) is 3.12. The highest BCUT2D eigenvalue weighted by Gasteiger charge is 2.14. The fourth-order valence-corrected chi connectivity index (χ4v) is 3.12. The number of methoxy groups -OCH3 is 2. The Kier molecular flexibility index (Phi) is 8.63. The molecule has 2 aromatic carbocycles. The van der Waals surface area contributed by atoms with Crippen molar-refractivity contribution >= 4 is 40.9 Å². The number of hydrogen-bond acceptors (Lipinski definition) is 4. The quantitative estimate of drug-likeness (QED) is 0.278. The normalized spacial score (nSPS) is 12.2. The van der Waals surface area contributed by atoms with Crippen LogP contribution in [0.5, 0.6) is 11.5 Å². The lowest BCUT2D eigenvalue weighted by molar-refractivity contribution is 0.394. The molecule has 1 heterocycles. The third kappa shape index (κ3) is 5.79. The van der Waals surface area contributed by atoms with Gasteiger partial charge in [-0.25, -0.2) is 0 Å². The minimum Gasteiger partial charge on any atom is -0.497 e. The minimum atomic E-state index is -0.0116. The van der Waals surface area contributed by atoms with E-state index in [0.717, 1.165) is 40.2 Å². The lowest BCUT2D eigenvalue weighted by Gasteiger charge is -2.20. The van der Waals surface area contributed by atoms with Crippen molar-refractivity contribution in [1.29, 1.82) is 0 Å². The van der Waals surface area contributed by atoms with Crippen molar-refractivity contribution in [2.75, 3.05) is 27.8 Å². The second-order valence-electron chi connectivity index (χ2n) is 6.47. The second kappa shape index (κ2) is 10.9. The Labute approximate surface area is 188 Å². The molecule has 0 saturated carbocycles. The molecule has 0 aliphatic rings. The number of hydrogen-bond donors (Lipinski definition) is 2. The van der Waals surface area contributed by atoms with Gasteiger partial charge in [0.25, 0.3) is 0 Å². The summed E-state index contributed by atoms with van der Waals surface area (Å²) >= 11 is 0. The monoisotopic (exact) mass is 509 g/mol. The third-order valence-electron chi connectivity index (χ3n) is 4.62. The van der Waals surface area contributed by atoms with Gasteiger partial charge in [-0.2, -0.15) is 0 Å². The maximum Gasteiger partial charge on any atom is 0.191 e. The molecule has 156 valence electrons. The van der Waals surface area contributed by atoms with Gasteiger partial charge in [0, 0.05) is 31.0 Å². The van der Waals surface area contributed by atoms with E-state index in [1.807, 2.05) is 36.4 Å². The van der Waals surface area contributed by atoms with Crippen molar-refractivity contribution < 1.29 is 13.9 Å². The average Bonchev–Trinajstić information content (AvgIpc) is 3.15. The van der Waals surface area contributed by atoms with E-state index in [-0.39, 0.29) is 30.0 Å². The van der Waals surface area contributed by atoms with E-state index < -0.39 is 0 Å². The van der Waals surface area contributed by atoms with Gasteiger partial charge in [-0.3, -0.25) is 4.99 Å². The van der Waals surface area contributed by atoms with Crippen LogP contribution in [0.1, 0.15) is 24.3 Å². The Bertz CT molecular complexity index is 922. The molecule has 3 aromatic rings. The summed E-state index contributed by atoms with van der Waals surface area (Å²) in [5, 5.41) is 7.85. The van der Waals surface area contributed by atoms with Gasteiger partial charge in [-0.15, -0.1) is 24.0 Å². The van der Waals surface area contributed by atoms with E-state index in [1.54, 1.807) is 21.3 Å². The molecule has 3 rings (SSSR count). The zero-order chi connectivity index (χ0) is 19.9. The number of halogens is 1. The SMILES string of the molecule is CN=C(NCCc1cc2ccccc2o1)NC(C)c1cc(OC)ccc1OC.I. The number of furan rings is 1. The number of ether oxygens (including phenoxy) is 2. The first kappa shape index (κ1) is 22.9. The highest BCUT2D eigenvalue weighted by Crippen LogP contribution is 2.29. The second-order valence-corrected chi connectivity index (χ2v) is 6.47. The van der Waals surface area contributed by atoms with E-state index in [2.05, 4.69) is 34.7 Å². The first-order valence-electron chi connectivity index (χ1n) is 9.31. The number of nitrogens with one attached hydrogen (secondary N) is 2. The molecule has 1 atom stereocenters. The van der Waals surface area contributed by atoms with Crippen molar-refractivity contribution in [3.8, 4) is 11.5 Å². The molecule has 0 aliphatic carbocycles. The topological polar surface area (TPSA) is 68.0 Å². The van der Waals surface area contributed by atoms with Crippen molar-refractivity contribution in [2.24, 2.45) is 4.99 Å². The molecule has 6 nitrogen and oxygen atoms in total. The van der Waals surface area contributed by atoms with Gasteiger partial charge in [0.05, 0.1) is 20.3 Å². The summed E-state index contributed by atoms with van der Waals surface area (Å²) in [6.45, 7) is 2.77. The zero-order valence-electron chi connectivity index (χ0n) is 17.2. The van der Waals surface area contributed by atoms with Crippen LogP contribution in [0.2, 0.25) is 0 Å². The highest BCUT2D eigenvalue weighted by atomic mass is 127. The van der Waals surface area contributed by atoms with Crippen LogP contribution in [0.15, 0.2) is 57.9 Å². The Hall–Kier alpha value is -2.42. The van der Waals surface area contributed by atoms with E-state index in [0.29, 0.717) is 12.5 Å². The Morgan fingerprint density at radius 1 is 1.10 bits per heavy atom. The fraction of sp³-hybridized carbons (Fsp3) is 0.318. The lowest BCUT2D eigenvalue weighted by Crippen LogP contribution is -2.39. The number of guanidine groups is 1. The van der Waals surface area contributed by atoms with Crippen LogP contribution in [0.3, 0.4) is 0 Å². The van der Waals surface area contributed by atoms with Crippen molar-refractivity contribution in [2.45, 2.75) is 19.4 Å². The van der Waals surface area contributed by atoms with Crippen LogP contribution in [0.25, 0.3) is 11.0 Å². The average molecular weight is 509 g/mol. The van der Waals surface area contributed by atoms with Crippen LogP contribution in [0.4, 0.5) is 0 Å². The summed E-state index contributed by atoms with van der Waals surface area (Å²) in [6.07, 6.45) is 0.770. The Morgan fingerprint density at radius 2 is 1.90 bits per heavy atom. The predicted molar refractivity (Wildman–Crippen MR) is 128 cm³/mol. The van der Waals surface area contributed by atoms with Crippen LogP contribution < -0.4 is 20.1 Å². The number of nitrogens with zero attached hydrogens (tertiary/aromatic N) is 1. The standard InChI is InChI=1S/C22H27N3O3.HI/c1-15(19-14-17(26-3)9-10-21(19)27-4)25-22(23-2)24-12-11-18-13-16-7-5-6-8-20(16)28-18;/h5-10,13-15H,11-12H2,1-4H3,(H2,23,24,25);1H. The van der Waals surface area contributed by atoms with Gasteiger partial charge < -0.3 is 24.5 Å². The maximum atomic E-state index is 5.86. The number of para-hydroxylation sites is 1. The molecule has 0 bridgehead atoms. The first-order valence-corrected chi connectivity index (χ1v) is 9.31. The van der Waals surface area contributed by atoms with Crippen LogP contribution >= 0.6 is 24.0 Å². The Balaban J connectivity index is 0.00000300. The molecule has 0 fully saturated rings. The largest absolute Gasteiger partial charge is 0.497 e. The number of rotatable bonds is 7. The predicted octanol–water partition coefficient (Wildman–Crippen LogP) is 4.54. The molecule has 1 aromatic heterocycles. The van der Waals surface area contributed by atoms with E-state index in [9.17, 15) is 0 Å². The summed E-state index contributed by atoms with van der Waals surface area (Å²) in [6, 6.07) is 15.9. The van der Waals surface area contributed by atoms with E-state index in [4.69, 9.17) is 13.9 Å². The first-order chi connectivity index (χ1) is 13.6. The van der Waals surface area contributed by atoms with Gasteiger partial charge in [-0.05, 0) is 37.3 Å². The highest BCUT2D eigenvalue weighted by molar-refractivity contribution is 14.0. The molecule has 0 aliphatic heterocycles. The summed E-state index contributed by atoms with van der Waals surface area (Å²) in [5.41, 5.74) is 1.92. The molecule has 7 heteroatoms. The molecule has 2 N–H and O–H groups in total. The minimum absolute atomic E-state index is 0. The molecular formula is C22H28IN3O3. The number of benzene rings is 2. The molecule has 0 spiro atoms. The summed E-state index contributed by atoms with van der Waals surface area (Å²) in [7, 11) is 5.08. The van der Waals surface area contributed by atoms with Gasteiger partial charge in [0.2, 0.25) is 0 Å². The lowest BCUT2D eigenvalue weighted by atomic mass is 10.1. The van der Waals surface area contributed by atoms with Crippen molar-refractivity contribution in [3.63, 3.8) is 0 Å². The third-order valence-corrected chi connectivity index (χ3v) is 4.62. The smallest absolute Gasteiger partial charge is 0.191 e. The maximum absolute atomic E-state index is 5.86. The van der Waals surface area contributed by atoms with E-state index >= 15 is 0 Å². The van der Waals surface area contributed by atoms with E-state index in [1.165, 1.54) is 0 Å². The molecule has 0 saturated heterocycles. The number of aliphatic imine (C=N–C) groups is 1. The molecule has 29 heavy (non-hydrogen) atoms.